The maximum absolute atomic E-state index is 11.4. The molecule has 1 aromatic carbocycles. The van der Waals surface area contributed by atoms with Crippen LogP contribution in [0.4, 0.5) is 5.69 Å². The van der Waals surface area contributed by atoms with Crippen molar-refractivity contribution in [3.63, 3.8) is 0 Å². The highest BCUT2D eigenvalue weighted by Crippen LogP contribution is 2.40. The Morgan fingerprint density at radius 2 is 2.00 bits per heavy atom. The highest BCUT2D eigenvalue weighted by Gasteiger charge is 2.22. The number of carbonyl (C=O) groups excluding carboxylic acids is 1. The zero-order chi connectivity index (χ0) is 14.5. The van der Waals surface area contributed by atoms with Gasteiger partial charge in [0.15, 0.2) is 6.61 Å². The number of rotatable bonds is 6. The molecule has 4 heteroatoms. The Labute approximate surface area is 129 Å². The van der Waals surface area contributed by atoms with E-state index in [-0.39, 0.29) is 12.5 Å². The molecular formula is C16H22BrNO2. The van der Waals surface area contributed by atoms with Crippen LogP contribution in [-0.2, 0) is 4.79 Å². The molecule has 0 fully saturated rings. The molecule has 1 aliphatic rings. The molecule has 0 saturated heterocycles. The van der Waals surface area contributed by atoms with Gasteiger partial charge >= 0.3 is 0 Å². The lowest BCUT2D eigenvalue weighted by atomic mass is 9.90. The molecule has 1 unspecified atom stereocenters. The van der Waals surface area contributed by atoms with Gasteiger partial charge in [0.25, 0.3) is 5.91 Å². The van der Waals surface area contributed by atoms with E-state index in [1.54, 1.807) is 0 Å². The van der Waals surface area contributed by atoms with Crippen LogP contribution in [0.5, 0.6) is 5.75 Å². The van der Waals surface area contributed by atoms with Gasteiger partial charge < -0.3 is 10.1 Å². The Hall–Kier alpha value is -1.03. The highest BCUT2D eigenvalue weighted by molar-refractivity contribution is 9.09. The summed E-state index contributed by atoms with van der Waals surface area (Å²) in [7, 11) is 0. The summed E-state index contributed by atoms with van der Waals surface area (Å²) in [6, 6.07) is 6.07. The number of halogens is 1. The zero-order valence-corrected chi connectivity index (χ0v) is 13.7. The second-order valence-electron chi connectivity index (χ2n) is 5.33. The molecule has 0 aliphatic carbocycles. The third kappa shape index (κ3) is 3.54. The van der Waals surface area contributed by atoms with Crippen molar-refractivity contribution in [1.82, 2.24) is 0 Å². The molecule has 1 heterocycles. The van der Waals surface area contributed by atoms with Crippen LogP contribution in [0.2, 0.25) is 0 Å². The van der Waals surface area contributed by atoms with E-state index >= 15 is 0 Å². The largest absolute Gasteiger partial charge is 0.482 e. The summed E-state index contributed by atoms with van der Waals surface area (Å²) in [5.41, 5.74) is 2.00. The first-order chi connectivity index (χ1) is 9.65. The highest BCUT2D eigenvalue weighted by atomic mass is 79.9. The van der Waals surface area contributed by atoms with Gasteiger partial charge in [-0.25, -0.2) is 0 Å². The van der Waals surface area contributed by atoms with Gasteiger partial charge in [-0.15, -0.1) is 0 Å². The van der Waals surface area contributed by atoms with Crippen LogP contribution >= 0.6 is 15.9 Å². The minimum Gasteiger partial charge on any atom is -0.482 e. The molecule has 0 saturated carbocycles. The summed E-state index contributed by atoms with van der Waals surface area (Å²) in [4.78, 5) is 11.7. The molecule has 3 nitrogen and oxygen atoms in total. The Balaban J connectivity index is 2.19. The summed E-state index contributed by atoms with van der Waals surface area (Å²) in [5.74, 6) is 1.30. The average Bonchev–Trinajstić information content (AvgIpc) is 2.45. The number of alkyl halides is 1. The normalized spacial score (nSPS) is 15.5. The van der Waals surface area contributed by atoms with Crippen molar-refractivity contribution in [2.45, 2.75) is 44.4 Å². The standard InChI is InChI=1S/C16H22BrNO2/c1-3-5-11(6-4-2)16(17)12-7-8-14-13(9-12)18-15(19)10-20-14/h7-9,11,16H,3-6,10H2,1-2H3,(H,18,19). The molecule has 1 amide bonds. The number of ether oxygens (including phenoxy) is 1. The van der Waals surface area contributed by atoms with E-state index < -0.39 is 0 Å². The summed E-state index contributed by atoms with van der Waals surface area (Å²) < 4.78 is 5.40. The summed E-state index contributed by atoms with van der Waals surface area (Å²) in [6.07, 6.45) is 4.81. The van der Waals surface area contributed by atoms with E-state index in [9.17, 15) is 4.79 Å². The molecule has 0 aromatic heterocycles. The topological polar surface area (TPSA) is 38.3 Å². The number of hydrogen-bond acceptors (Lipinski definition) is 2. The van der Waals surface area contributed by atoms with Crippen LogP contribution in [0.1, 0.15) is 49.9 Å². The van der Waals surface area contributed by atoms with Crippen molar-refractivity contribution in [2.24, 2.45) is 5.92 Å². The van der Waals surface area contributed by atoms with Gasteiger partial charge in [-0.1, -0.05) is 48.7 Å². The Morgan fingerprint density at radius 3 is 2.65 bits per heavy atom. The number of carbonyl (C=O) groups is 1. The number of nitrogens with one attached hydrogen (secondary N) is 1. The molecule has 0 radical (unpaired) electrons. The van der Waals surface area contributed by atoms with E-state index in [1.165, 1.54) is 31.2 Å². The van der Waals surface area contributed by atoms with Crippen molar-refractivity contribution < 1.29 is 9.53 Å². The Bertz CT molecular complexity index is 470. The van der Waals surface area contributed by atoms with Crippen molar-refractivity contribution in [3.8, 4) is 5.75 Å². The average molecular weight is 340 g/mol. The van der Waals surface area contributed by atoms with Gasteiger partial charge in [0.1, 0.15) is 5.75 Å². The van der Waals surface area contributed by atoms with E-state index in [1.807, 2.05) is 12.1 Å². The molecule has 1 atom stereocenters. The van der Waals surface area contributed by atoms with Gasteiger partial charge in [-0.05, 0) is 36.5 Å². The van der Waals surface area contributed by atoms with Crippen LogP contribution in [0.15, 0.2) is 18.2 Å². The van der Waals surface area contributed by atoms with E-state index in [0.29, 0.717) is 10.7 Å². The number of benzene rings is 1. The minimum absolute atomic E-state index is 0.0839. The number of fused-ring (bicyclic) bond motifs is 1. The fraction of sp³-hybridized carbons (Fsp3) is 0.562. The second kappa shape index (κ2) is 7.11. The molecule has 1 N–H and O–H groups in total. The van der Waals surface area contributed by atoms with Gasteiger partial charge in [-0.3, -0.25) is 4.79 Å². The van der Waals surface area contributed by atoms with Crippen LogP contribution in [0.3, 0.4) is 0 Å². The predicted octanol–water partition coefficient (Wildman–Crippen LogP) is 4.67. The third-order valence-corrected chi connectivity index (χ3v) is 4.96. The van der Waals surface area contributed by atoms with Crippen LogP contribution in [0, 0.1) is 5.92 Å². The van der Waals surface area contributed by atoms with E-state index in [0.717, 1.165) is 11.4 Å². The van der Waals surface area contributed by atoms with Crippen molar-refractivity contribution >= 4 is 27.5 Å². The fourth-order valence-electron chi connectivity index (χ4n) is 2.72. The van der Waals surface area contributed by atoms with Crippen molar-refractivity contribution in [2.75, 3.05) is 11.9 Å². The summed E-state index contributed by atoms with van der Waals surface area (Å²) in [5, 5.41) is 2.87. The summed E-state index contributed by atoms with van der Waals surface area (Å²) in [6.45, 7) is 4.56. The SMILES string of the molecule is CCCC(CCC)C(Br)c1ccc2c(c1)NC(=O)CO2. The number of amides is 1. The lowest BCUT2D eigenvalue weighted by Crippen LogP contribution is -2.25. The molecule has 0 bridgehead atoms. The quantitative estimate of drug-likeness (QED) is 0.764. The van der Waals surface area contributed by atoms with Gasteiger partial charge in [0, 0.05) is 4.83 Å². The van der Waals surface area contributed by atoms with Crippen molar-refractivity contribution in [3.05, 3.63) is 23.8 Å². The van der Waals surface area contributed by atoms with E-state index in [2.05, 4.69) is 41.2 Å². The van der Waals surface area contributed by atoms with Gasteiger partial charge in [0.05, 0.1) is 5.69 Å². The van der Waals surface area contributed by atoms with Gasteiger partial charge in [0.2, 0.25) is 0 Å². The smallest absolute Gasteiger partial charge is 0.262 e. The molecule has 1 aromatic rings. The van der Waals surface area contributed by atoms with Crippen molar-refractivity contribution in [1.29, 1.82) is 0 Å². The molecule has 2 rings (SSSR count). The molecule has 20 heavy (non-hydrogen) atoms. The maximum atomic E-state index is 11.4. The molecule has 1 aliphatic heterocycles. The minimum atomic E-state index is -0.0839. The maximum Gasteiger partial charge on any atom is 0.262 e. The Morgan fingerprint density at radius 1 is 1.30 bits per heavy atom. The molecular weight excluding hydrogens is 318 g/mol. The Kier molecular flexibility index (Phi) is 5.46. The number of anilines is 1. The number of hydrogen-bond donors (Lipinski definition) is 1. The monoisotopic (exact) mass is 339 g/mol. The first-order valence-corrected chi connectivity index (χ1v) is 8.28. The van der Waals surface area contributed by atoms with Gasteiger partial charge in [-0.2, -0.15) is 0 Å². The molecule has 110 valence electrons. The second-order valence-corrected chi connectivity index (χ2v) is 6.32. The van der Waals surface area contributed by atoms with E-state index in [4.69, 9.17) is 4.74 Å². The first-order valence-electron chi connectivity index (χ1n) is 7.36. The predicted molar refractivity (Wildman–Crippen MR) is 85.5 cm³/mol. The van der Waals surface area contributed by atoms with Crippen LogP contribution in [0.25, 0.3) is 0 Å². The van der Waals surface area contributed by atoms with Crippen LogP contribution in [-0.4, -0.2) is 12.5 Å². The molecule has 0 spiro atoms. The zero-order valence-electron chi connectivity index (χ0n) is 12.1. The lowest BCUT2D eigenvalue weighted by Gasteiger charge is -2.24. The fourth-order valence-corrected chi connectivity index (χ4v) is 3.54. The van der Waals surface area contributed by atoms with Crippen LogP contribution < -0.4 is 10.1 Å². The first kappa shape index (κ1) is 15.4. The summed E-state index contributed by atoms with van der Waals surface area (Å²) >= 11 is 3.84. The lowest BCUT2D eigenvalue weighted by molar-refractivity contribution is -0.118. The third-order valence-electron chi connectivity index (χ3n) is 3.69.